The van der Waals surface area contributed by atoms with Crippen molar-refractivity contribution in [1.82, 2.24) is 9.97 Å². The highest BCUT2D eigenvalue weighted by atomic mass is 19.4. The number of ether oxygens (including phenoxy) is 2. The third-order valence-electron chi connectivity index (χ3n) is 6.29. The van der Waals surface area contributed by atoms with Gasteiger partial charge < -0.3 is 19.2 Å². The highest BCUT2D eigenvalue weighted by molar-refractivity contribution is 5.95. The van der Waals surface area contributed by atoms with E-state index in [2.05, 4.69) is 15.3 Å². The molecule has 0 bridgehead atoms. The minimum absolute atomic E-state index is 0.120. The number of halogens is 5. The topological polar surface area (TPSA) is 86.5 Å². The average Bonchev–Trinajstić information content (AvgIpc) is 3.44. The first-order valence-corrected chi connectivity index (χ1v) is 10.4. The number of oxazole rings is 1. The van der Waals surface area contributed by atoms with E-state index in [1.165, 1.54) is 37.8 Å². The standard InChI is InChI=1S/C23H20F5N3O4/c1-11-17(13-5-6-14(24)18(25)19(13)33-3)20(35-22(11,2)23(26,27)28)21(32)31-12-4-7-15(30-8-12)16-9-29-10-34-16/h4-11,17,20H,1-3H3,(H,31,32)/t11-,17-,20+,22+/m0/s1. The van der Waals surface area contributed by atoms with Crippen LogP contribution in [0.3, 0.4) is 0 Å². The number of aromatic nitrogens is 2. The number of rotatable bonds is 5. The second-order valence-electron chi connectivity index (χ2n) is 8.23. The second kappa shape index (κ2) is 8.91. The Morgan fingerprint density at radius 1 is 1.17 bits per heavy atom. The van der Waals surface area contributed by atoms with Crippen LogP contribution in [0.5, 0.6) is 5.75 Å². The molecule has 1 saturated heterocycles. The van der Waals surface area contributed by atoms with E-state index >= 15 is 0 Å². The quantitative estimate of drug-likeness (QED) is 0.494. The minimum Gasteiger partial charge on any atom is -0.493 e. The predicted octanol–water partition coefficient (Wildman–Crippen LogP) is 5.10. The van der Waals surface area contributed by atoms with E-state index in [0.717, 1.165) is 26.2 Å². The van der Waals surface area contributed by atoms with Gasteiger partial charge in [-0.3, -0.25) is 9.78 Å². The van der Waals surface area contributed by atoms with Crippen molar-refractivity contribution in [1.29, 1.82) is 0 Å². The van der Waals surface area contributed by atoms with Crippen LogP contribution < -0.4 is 10.1 Å². The number of carbonyl (C=O) groups excluding carboxylic acids is 1. The third kappa shape index (κ3) is 4.22. The Morgan fingerprint density at radius 3 is 2.49 bits per heavy atom. The molecule has 1 N–H and O–H groups in total. The number of anilines is 1. The van der Waals surface area contributed by atoms with Crippen molar-refractivity contribution in [2.75, 3.05) is 12.4 Å². The van der Waals surface area contributed by atoms with E-state index in [1.54, 1.807) is 0 Å². The molecule has 12 heteroatoms. The normalized spacial score (nSPS) is 24.4. The van der Waals surface area contributed by atoms with Crippen molar-refractivity contribution in [2.24, 2.45) is 5.92 Å². The van der Waals surface area contributed by atoms with E-state index in [4.69, 9.17) is 13.9 Å². The fourth-order valence-corrected chi connectivity index (χ4v) is 4.21. The number of nitrogens with one attached hydrogen (secondary N) is 1. The van der Waals surface area contributed by atoms with Crippen LogP contribution in [0.2, 0.25) is 0 Å². The highest BCUT2D eigenvalue weighted by Crippen LogP contribution is 2.55. The summed E-state index contributed by atoms with van der Waals surface area (Å²) in [5, 5.41) is 2.48. The molecular formula is C23H20F5N3O4. The van der Waals surface area contributed by atoms with Crippen LogP contribution in [0, 0.1) is 17.6 Å². The fourth-order valence-electron chi connectivity index (χ4n) is 4.21. The summed E-state index contributed by atoms with van der Waals surface area (Å²) in [6.45, 7) is 2.05. The molecule has 3 heterocycles. The van der Waals surface area contributed by atoms with Crippen molar-refractivity contribution < 1.29 is 40.6 Å². The summed E-state index contributed by atoms with van der Waals surface area (Å²) in [5.74, 6) is -6.42. The Kier molecular flexibility index (Phi) is 6.26. The first kappa shape index (κ1) is 24.6. The van der Waals surface area contributed by atoms with Gasteiger partial charge in [-0.25, -0.2) is 9.37 Å². The molecule has 1 fully saturated rings. The van der Waals surface area contributed by atoms with Crippen molar-refractivity contribution in [2.45, 2.75) is 37.6 Å². The van der Waals surface area contributed by atoms with Crippen LogP contribution in [0.25, 0.3) is 11.5 Å². The first-order chi connectivity index (χ1) is 16.5. The van der Waals surface area contributed by atoms with Gasteiger partial charge in [0.25, 0.3) is 5.91 Å². The number of hydrogen-bond acceptors (Lipinski definition) is 6. The number of carbonyl (C=O) groups is 1. The van der Waals surface area contributed by atoms with Crippen LogP contribution in [-0.4, -0.2) is 40.9 Å². The number of hydrogen-bond donors (Lipinski definition) is 1. The van der Waals surface area contributed by atoms with E-state index in [0.29, 0.717) is 11.5 Å². The molecule has 1 amide bonds. The number of methoxy groups -OCH3 is 1. The molecule has 3 aromatic rings. The van der Waals surface area contributed by atoms with Gasteiger partial charge in [0.2, 0.25) is 5.82 Å². The third-order valence-corrected chi connectivity index (χ3v) is 6.29. The number of pyridine rings is 1. The summed E-state index contributed by atoms with van der Waals surface area (Å²) in [5.41, 5.74) is -2.28. The summed E-state index contributed by atoms with van der Waals surface area (Å²) in [7, 11) is 1.06. The summed E-state index contributed by atoms with van der Waals surface area (Å²) in [6.07, 6.45) is -2.62. The summed E-state index contributed by atoms with van der Waals surface area (Å²) >= 11 is 0. The highest BCUT2D eigenvalue weighted by Gasteiger charge is 2.65. The second-order valence-corrected chi connectivity index (χ2v) is 8.23. The molecule has 2 aromatic heterocycles. The van der Waals surface area contributed by atoms with Gasteiger partial charge in [0.15, 0.2) is 29.3 Å². The van der Waals surface area contributed by atoms with Gasteiger partial charge in [-0.05, 0) is 25.1 Å². The monoisotopic (exact) mass is 497 g/mol. The van der Waals surface area contributed by atoms with Gasteiger partial charge in [-0.2, -0.15) is 17.6 Å². The van der Waals surface area contributed by atoms with Gasteiger partial charge in [-0.1, -0.05) is 13.0 Å². The average molecular weight is 497 g/mol. The summed E-state index contributed by atoms with van der Waals surface area (Å²) in [6, 6.07) is 4.85. The van der Waals surface area contributed by atoms with Gasteiger partial charge in [0.05, 0.1) is 25.2 Å². The van der Waals surface area contributed by atoms with Crippen LogP contribution in [0.4, 0.5) is 27.6 Å². The number of amides is 1. The van der Waals surface area contributed by atoms with Gasteiger partial charge in [0, 0.05) is 17.4 Å². The van der Waals surface area contributed by atoms with Gasteiger partial charge >= 0.3 is 6.18 Å². The predicted molar refractivity (Wildman–Crippen MR) is 113 cm³/mol. The number of nitrogens with zero attached hydrogens (tertiary/aromatic N) is 2. The van der Waals surface area contributed by atoms with Gasteiger partial charge in [0.1, 0.15) is 11.8 Å². The Hall–Kier alpha value is -3.54. The number of alkyl halides is 3. The molecule has 0 radical (unpaired) electrons. The molecule has 1 aromatic carbocycles. The van der Waals surface area contributed by atoms with Crippen molar-refractivity contribution >= 4 is 11.6 Å². The van der Waals surface area contributed by atoms with Gasteiger partial charge in [-0.15, -0.1) is 0 Å². The molecule has 0 saturated carbocycles. The maximum Gasteiger partial charge on any atom is 0.417 e. The summed E-state index contributed by atoms with van der Waals surface area (Å²) in [4.78, 5) is 21.1. The van der Waals surface area contributed by atoms with Crippen molar-refractivity contribution in [3.05, 3.63) is 60.3 Å². The lowest BCUT2D eigenvalue weighted by Gasteiger charge is -2.32. The SMILES string of the molecule is COc1c([C@H]2[C@H](C(=O)Nc3ccc(-c4cnco4)nc3)O[C@@](C)(C(F)(F)F)[C@H]2C)ccc(F)c1F. The molecule has 0 unspecified atom stereocenters. The van der Waals surface area contributed by atoms with E-state index in [-0.39, 0.29) is 11.3 Å². The fraction of sp³-hybridized carbons (Fsp3) is 0.348. The maximum atomic E-state index is 14.4. The molecular weight excluding hydrogens is 477 g/mol. The van der Waals surface area contributed by atoms with Crippen molar-refractivity contribution in [3.8, 4) is 17.2 Å². The molecule has 186 valence electrons. The van der Waals surface area contributed by atoms with E-state index < -0.39 is 53.0 Å². The Balaban J connectivity index is 1.69. The summed E-state index contributed by atoms with van der Waals surface area (Å²) < 4.78 is 85.6. The minimum atomic E-state index is -4.86. The first-order valence-electron chi connectivity index (χ1n) is 10.4. The van der Waals surface area contributed by atoms with E-state index in [9.17, 15) is 26.7 Å². The molecule has 0 aliphatic carbocycles. The van der Waals surface area contributed by atoms with Crippen LogP contribution in [0.15, 0.2) is 47.5 Å². The zero-order chi connectivity index (χ0) is 25.5. The van der Waals surface area contributed by atoms with Crippen LogP contribution in [-0.2, 0) is 9.53 Å². The smallest absolute Gasteiger partial charge is 0.417 e. The van der Waals surface area contributed by atoms with E-state index in [1.807, 2.05) is 0 Å². The lowest BCUT2D eigenvalue weighted by molar-refractivity contribution is -0.272. The van der Waals surface area contributed by atoms with Crippen LogP contribution in [0.1, 0.15) is 25.3 Å². The molecule has 1 aliphatic rings. The number of benzene rings is 1. The maximum absolute atomic E-state index is 14.4. The zero-order valence-corrected chi connectivity index (χ0v) is 18.7. The van der Waals surface area contributed by atoms with Crippen LogP contribution >= 0.6 is 0 Å². The largest absolute Gasteiger partial charge is 0.493 e. The molecule has 0 spiro atoms. The molecule has 4 rings (SSSR count). The molecule has 4 atom stereocenters. The molecule has 35 heavy (non-hydrogen) atoms. The Bertz CT molecular complexity index is 1220. The Morgan fingerprint density at radius 2 is 1.91 bits per heavy atom. The Labute approximate surface area is 196 Å². The lowest BCUT2D eigenvalue weighted by Crippen LogP contribution is -2.47. The molecule has 1 aliphatic heterocycles. The molecule has 7 nitrogen and oxygen atoms in total. The zero-order valence-electron chi connectivity index (χ0n) is 18.7. The lowest BCUT2D eigenvalue weighted by atomic mass is 9.77. The van der Waals surface area contributed by atoms with Crippen molar-refractivity contribution in [3.63, 3.8) is 0 Å².